The summed E-state index contributed by atoms with van der Waals surface area (Å²) >= 11 is 0. The maximum atomic E-state index is 13.2. The Kier molecular flexibility index (Phi) is 6.39. The molecule has 3 aromatic rings. The van der Waals surface area contributed by atoms with Crippen molar-refractivity contribution in [3.63, 3.8) is 0 Å². The van der Waals surface area contributed by atoms with Gasteiger partial charge in [0.05, 0.1) is 16.9 Å². The van der Waals surface area contributed by atoms with E-state index in [4.69, 9.17) is 11.5 Å². The molecule has 0 unspecified atom stereocenters. The third-order valence-corrected chi connectivity index (χ3v) is 5.83. The minimum Gasteiger partial charge on any atom is -0.397 e. The zero-order valence-corrected chi connectivity index (χ0v) is 18.0. The summed E-state index contributed by atoms with van der Waals surface area (Å²) in [6.45, 7) is 1.41. The van der Waals surface area contributed by atoms with Crippen molar-refractivity contribution in [2.75, 3.05) is 29.5 Å². The quantitative estimate of drug-likeness (QED) is 0.384. The molecular formula is C25H26FN5O2. The number of nitrogen functional groups attached to an aromatic ring is 1. The van der Waals surface area contributed by atoms with Gasteiger partial charge in [-0.15, -0.1) is 0 Å². The second kappa shape index (κ2) is 9.40. The number of benzene rings is 3. The number of anilines is 3. The lowest BCUT2D eigenvalue weighted by atomic mass is 9.88. The number of nitrogens with one attached hydrogen (secondary N) is 3. The van der Waals surface area contributed by atoms with Crippen molar-refractivity contribution in [2.24, 2.45) is 5.73 Å². The van der Waals surface area contributed by atoms with E-state index in [0.29, 0.717) is 48.6 Å². The fraction of sp³-hybridized carbons (Fsp3) is 0.200. The summed E-state index contributed by atoms with van der Waals surface area (Å²) in [5.74, 6) is -0.893. The van der Waals surface area contributed by atoms with E-state index in [9.17, 15) is 14.0 Å². The van der Waals surface area contributed by atoms with Crippen molar-refractivity contribution in [1.29, 1.82) is 0 Å². The maximum absolute atomic E-state index is 13.2. The predicted molar refractivity (Wildman–Crippen MR) is 128 cm³/mol. The summed E-state index contributed by atoms with van der Waals surface area (Å²) in [6.07, 6.45) is 1.13. The van der Waals surface area contributed by atoms with Crippen LogP contribution in [0.5, 0.6) is 0 Å². The van der Waals surface area contributed by atoms with Crippen LogP contribution < -0.4 is 27.4 Å². The number of nitrogens with two attached hydrogens (primary N) is 2. The van der Waals surface area contributed by atoms with E-state index in [0.717, 1.165) is 11.1 Å². The van der Waals surface area contributed by atoms with Crippen molar-refractivity contribution in [3.8, 4) is 11.1 Å². The Morgan fingerprint density at radius 3 is 2.18 bits per heavy atom. The molecule has 1 aliphatic heterocycles. The van der Waals surface area contributed by atoms with Crippen LogP contribution in [0.4, 0.5) is 21.5 Å². The number of hydrogen-bond donors (Lipinski definition) is 5. The number of carbonyl (C=O) groups is 2. The zero-order chi connectivity index (χ0) is 23.4. The van der Waals surface area contributed by atoms with Crippen LogP contribution in [0.25, 0.3) is 11.1 Å². The van der Waals surface area contributed by atoms with Gasteiger partial charge >= 0.3 is 0 Å². The molecule has 0 radical (unpaired) electrons. The fourth-order valence-corrected chi connectivity index (χ4v) is 3.74. The molecule has 0 saturated carbocycles. The van der Waals surface area contributed by atoms with Gasteiger partial charge in [0.1, 0.15) is 5.82 Å². The number of piperidine rings is 1. The Labute approximate surface area is 191 Å². The first-order valence-corrected chi connectivity index (χ1v) is 10.7. The molecule has 1 saturated heterocycles. The highest BCUT2D eigenvalue weighted by atomic mass is 19.1. The molecule has 1 heterocycles. The molecule has 8 heteroatoms. The lowest BCUT2D eigenvalue weighted by molar-refractivity contribution is -0.122. The number of amides is 2. The molecule has 170 valence electrons. The average Bonchev–Trinajstić information content (AvgIpc) is 2.82. The van der Waals surface area contributed by atoms with E-state index in [1.807, 2.05) is 6.07 Å². The van der Waals surface area contributed by atoms with E-state index in [1.54, 1.807) is 48.5 Å². The summed E-state index contributed by atoms with van der Waals surface area (Å²) in [7, 11) is 0. The van der Waals surface area contributed by atoms with Gasteiger partial charge < -0.3 is 27.4 Å². The van der Waals surface area contributed by atoms with E-state index in [-0.39, 0.29) is 17.6 Å². The third-order valence-electron chi connectivity index (χ3n) is 5.83. The van der Waals surface area contributed by atoms with E-state index >= 15 is 0 Å². The fourth-order valence-electron chi connectivity index (χ4n) is 3.74. The minimum atomic E-state index is -0.894. The smallest absolute Gasteiger partial charge is 0.255 e. The molecule has 4 rings (SSSR count). The Bertz CT molecular complexity index is 1160. The summed E-state index contributed by atoms with van der Waals surface area (Å²) in [4.78, 5) is 25.3. The van der Waals surface area contributed by atoms with Gasteiger partial charge in [-0.3, -0.25) is 9.59 Å². The van der Waals surface area contributed by atoms with Crippen molar-refractivity contribution in [1.82, 2.24) is 5.32 Å². The zero-order valence-electron chi connectivity index (χ0n) is 18.0. The molecule has 1 aliphatic rings. The van der Waals surface area contributed by atoms with Gasteiger partial charge in [0.2, 0.25) is 5.91 Å². The van der Waals surface area contributed by atoms with Crippen LogP contribution in [0.3, 0.4) is 0 Å². The van der Waals surface area contributed by atoms with Crippen LogP contribution in [-0.4, -0.2) is 30.4 Å². The van der Waals surface area contributed by atoms with Gasteiger partial charge in [0, 0.05) is 11.3 Å². The second-order valence-electron chi connectivity index (χ2n) is 8.20. The van der Waals surface area contributed by atoms with Crippen LogP contribution in [0.2, 0.25) is 0 Å². The molecule has 0 spiro atoms. The van der Waals surface area contributed by atoms with Gasteiger partial charge in [0.15, 0.2) is 0 Å². The summed E-state index contributed by atoms with van der Waals surface area (Å²) < 4.78 is 13.2. The molecule has 7 nitrogen and oxygen atoms in total. The van der Waals surface area contributed by atoms with Crippen molar-refractivity contribution < 1.29 is 14.0 Å². The summed E-state index contributed by atoms with van der Waals surface area (Å²) in [6, 6.07) is 17.9. The summed E-state index contributed by atoms with van der Waals surface area (Å²) in [5.41, 5.74) is 14.8. The molecule has 2 amide bonds. The molecular weight excluding hydrogens is 421 g/mol. The SMILES string of the molecule is Nc1ccc(-c2ccc(F)cc2)cc1NC(=O)c1ccc(NC(=O)C2(N)CCNCC2)cc1. The van der Waals surface area contributed by atoms with E-state index < -0.39 is 5.54 Å². The highest BCUT2D eigenvalue weighted by Gasteiger charge is 2.35. The number of halogens is 1. The number of carbonyl (C=O) groups excluding carboxylic acids is 2. The summed E-state index contributed by atoms with van der Waals surface area (Å²) in [5, 5.41) is 8.84. The van der Waals surface area contributed by atoms with Crippen LogP contribution in [-0.2, 0) is 4.79 Å². The topological polar surface area (TPSA) is 122 Å². The normalized spacial score (nSPS) is 15.0. The van der Waals surface area contributed by atoms with Crippen molar-refractivity contribution >= 4 is 28.9 Å². The Hall–Kier alpha value is -3.75. The average molecular weight is 448 g/mol. The van der Waals surface area contributed by atoms with Gasteiger partial charge in [-0.25, -0.2) is 4.39 Å². The first kappa shape index (κ1) is 22.4. The van der Waals surface area contributed by atoms with Crippen LogP contribution >= 0.6 is 0 Å². The van der Waals surface area contributed by atoms with Gasteiger partial charge in [-0.05, 0) is 85.6 Å². The van der Waals surface area contributed by atoms with Crippen LogP contribution in [0.1, 0.15) is 23.2 Å². The molecule has 33 heavy (non-hydrogen) atoms. The maximum Gasteiger partial charge on any atom is 0.255 e. The number of hydrogen-bond acceptors (Lipinski definition) is 5. The van der Waals surface area contributed by atoms with E-state index in [2.05, 4.69) is 16.0 Å². The molecule has 3 aromatic carbocycles. The Balaban J connectivity index is 1.44. The molecule has 0 aliphatic carbocycles. The first-order chi connectivity index (χ1) is 15.8. The predicted octanol–water partition coefficient (Wildman–Crippen LogP) is 3.35. The van der Waals surface area contributed by atoms with Gasteiger partial charge in [-0.1, -0.05) is 18.2 Å². The standard InChI is InChI=1S/C25H26FN5O2/c26-19-6-1-16(2-7-19)18-5-10-21(27)22(15-18)31-23(32)17-3-8-20(9-4-17)30-24(33)25(28)11-13-29-14-12-25/h1-10,15,29H,11-14,27-28H2,(H,30,33)(H,31,32). The molecule has 1 fully saturated rings. The second-order valence-corrected chi connectivity index (χ2v) is 8.20. The Morgan fingerprint density at radius 2 is 1.52 bits per heavy atom. The largest absolute Gasteiger partial charge is 0.397 e. The third kappa shape index (κ3) is 5.19. The van der Waals surface area contributed by atoms with Gasteiger partial charge in [-0.2, -0.15) is 0 Å². The lowest BCUT2D eigenvalue weighted by Crippen LogP contribution is -2.56. The highest BCUT2D eigenvalue weighted by molar-refractivity contribution is 6.06. The van der Waals surface area contributed by atoms with Crippen molar-refractivity contribution in [3.05, 3.63) is 78.1 Å². The minimum absolute atomic E-state index is 0.230. The van der Waals surface area contributed by atoms with Crippen LogP contribution in [0, 0.1) is 5.82 Å². The molecule has 0 atom stereocenters. The lowest BCUT2D eigenvalue weighted by Gasteiger charge is -2.32. The van der Waals surface area contributed by atoms with E-state index in [1.165, 1.54) is 12.1 Å². The monoisotopic (exact) mass is 447 g/mol. The van der Waals surface area contributed by atoms with Crippen molar-refractivity contribution in [2.45, 2.75) is 18.4 Å². The van der Waals surface area contributed by atoms with Crippen LogP contribution in [0.15, 0.2) is 66.7 Å². The van der Waals surface area contributed by atoms with Gasteiger partial charge in [0.25, 0.3) is 5.91 Å². The highest BCUT2D eigenvalue weighted by Crippen LogP contribution is 2.28. The first-order valence-electron chi connectivity index (χ1n) is 10.7. The molecule has 0 aromatic heterocycles. The molecule has 0 bridgehead atoms. The number of rotatable bonds is 5. The Morgan fingerprint density at radius 1 is 0.879 bits per heavy atom. The molecule has 7 N–H and O–H groups in total.